The van der Waals surface area contributed by atoms with Crippen LogP contribution in [0.1, 0.15) is 11.7 Å². The first-order valence-electron chi connectivity index (χ1n) is 3.95. The van der Waals surface area contributed by atoms with Gasteiger partial charge in [0.1, 0.15) is 21.5 Å². The molecule has 1 N–H and O–H groups in total. The van der Waals surface area contributed by atoms with E-state index in [1.165, 1.54) is 12.1 Å². The molecule has 1 aromatic heterocycles. The second-order valence-electron chi connectivity index (χ2n) is 3.13. The van der Waals surface area contributed by atoms with E-state index in [0.717, 1.165) is 6.26 Å². The number of carboxylic acids is 1. The van der Waals surface area contributed by atoms with Crippen LogP contribution in [0.2, 0.25) is 5.22 Å². The minimum atomic E-state index is -3.39. The number of hydrogen-bond acceptors (Lipinski definition) is 4. The van der Waals surface area contributed by atoms with Crippen LogP contribution in [-0.2, 0) is 14.6 Å². The van der Waals surface area contributed by atoms with E-state index in [9.17, 15) is 13.2 Å². The Morgan fingerprint density at radius 1 is 1.60 bits per heavy atom. The van der Waals surface area contributed by atoms with Crippen molar-refractivity contribution in [3.05, 3.63) is 23.1 Å². The van der Waals surface area contributed by atoms with Crippen molar-refractivity contribution in [2.45, 2.75) is 5.92 Å². The average molecular weight is 253 g/mol. The zero-order valence-electron chi connectivity index (χ0n) is 7.81. The molecule has 0 bridgehead atoms. The third-order valence-corrected chi connectivity index (χ3v) is 2.85. The van der Waals surface area contributed by atoms with Crippen LogP contribution in [0.4, 0.5) is 0 Å². The molecule has 0 amide bonds. The topological polar surface area (TPSA) is 84.6 Å². The number of furan rings is 1. The predicted molar refractivity (Wildman–Crippen MR) is 53.8 cm³/mol. The number of hydrogen-bond donors (Lipinski definition) is 1. The van der Waals surface area contributed by atoms with Crippen molar-refractivity contribution in [2.75, 3.05) is 12.0 Å². The van der Waals surface area contributed by atoms with Gasteiger partial charge in [-0.25, -0.2) is 8.42 Å². The lowest BCUT2D eigenvalue weighted by molar-refractivity contribution is -0.138. The summed E-state index contributed by atoms with van der Waals surface area (Å²) < 4.78 is 26.8. The first-order valence-corrected chi connectivity index (χ1v) is 6.39. The zero-order valence-corrected chi connectivity index (χ0v) is 9.38. The summed E-state index contributed by atoms with van der Waals surface area (Å²) in [5.41, 5.74) is 0. The molecule has 0 saturated carbocycles. The van der Waals surface area contributed by atoms with Gasteiger partial charge in [-0.1, -0.05) is 0 Å². The van der Waals surface area contributed by atoms with Gasteiger partial charge in [0.25, 0.3) is 0 Å². The molecule has 1 aromatic rings. The quantitative estimate of drug-likeness (QED) is 0.869. The van der Waals surface area contributed by atoms with Gasteiger partial charge in [0, 0.05) is 6.26 Å². The van der Waals surface area contributed by atoms with Crippen molar-refractivity contribution in [3.63, 3.8) is 0 Å². The number of carbonyl (C=O) groups is 1. The number of rotatable bonds is 4. The van der Waals surface area contributed by atoms with Crippen molar-refractivity contribution < 1.29 is 22.7 Å². The zero-order chi connectivity index (χ0) is 11.6. The Labute approximate surface area is 91.6 Å². The van der Waals surface area contributed by atoms with Crippen LogP contribution in [0.3, 0.4) is 0 Å². The van der Waals surface area contributed by atoms with E-state index in [1.54, 1.807) is 0 Å². The van der Waals surface area contributed by atoms with E-state index >= 15 is 0 Å². The number of aliphatic carboxylic acids is 1. The van der Waals surface area contributed by atoms with Gasteiger partial charge in [0.05, 0.1) is 5.75 Å². The van der Waals surface area contributed by atoms with Crippen LogP contribution in [0, 0.1) is 0 Å². The molecule has 0 spiro atoms. The monoisotopic (exact) mass is 252 g/mol. The number of halogens is 1. The molecule has 0 saturated heterocycles. The number of sulfone groups is 1. The molecule has 7 heteroatoms. The van der Waals surface area contributed by atoms with Crippen LogP contribution < -0.4 is 0 Å². The molecule has 0 aliphatic rings. The summed E-state index contributed by atoms with van der Waals surface area (Å²) in [7, 11) is -3.39. The highest BCUT2D eigenvalue weighted by atomic mass is 35.5. The second-order valence-corrected chi connectivity index (χ2v) is 5.68. The van der Waals surface area contributed by atoms with Gasteiger partial charge < -0.3 is 9.52 Å². The van der Waals surface area contributed by atoms with Gasteiger partial charge in [0.2, 0.25) is 0 Å². The normalized spacial score (nSPS) is 13.7. The molecule has 0 aliphatic heterocycles. The molecule has 0 radical (unpaired) electrons. The molecule has 1 unspecified atom stereocenters. The lowest BCUT2D eigenvalue weighted by atomic mass is 10.1. The van der Waals surface area contributed by atoms with Crippen LogP contribution >= 0.6 is 11.6 Å². The van der Waals surface area contributed by atoms with Crippen LogP contribution in [0.5, 0.6) is 0 Å². The van der Waals surface area contributed by atoms with Crippen molar-refractivity contribution in [1.29, 1.82) is 0 Å². The SMILES string of the molecule is CS(=O)(=O)CC(C(=O)O)c1ccc(Cl)o1. The predicted octanol–water partition coefficient (Wildman–Crippen LogP) is 1.15. The summed E-state index contributed by atoms with van der Waals surface area (Å²) in [6, 6.07) is 2.72. The molecule has 84 valence electrons. The largest absolute Gasteiger partial charge is 0.481 e. The Balaban J connectivity index is 2.99. The molecule has 0 fully saturated rings. The average Bonchev–Trinajstić information content (AvgIpc) is 2.45. The molecule has 0 aromatic carbocycles. The fourth-order valence-corrected chi connectivity index (χ4v) is 2.16. The number of carboxylic acid groups (broad SMARTS) is 1. The maximum atomic E-state index is 11.0. The van der Waals surface area contributed by atoms with Crippen molar-refractivity contribution >= 4 is 27.4 Å². The molecule has 15 heavy (non-hydrogen) atoms. The van der Waals surface area contributed by atoms with Crippen LogP contribution in [-0.4, -0.2) is 31.5 Å². The minimum absolute atomic E-state index is 0.0322. The Bertz CT molecular complexity index is 461. The molecule has 1 atom stereocenters. The smallest absolute Gasteiger partial charge is 0.315 e. The maximum absolute atomic E-state index is 11.0. The second kappa shape index (κ2) is 4.24. The fourth-order valence-electron chi connectivity index (χ4n) is 1.09. The van der Waals surface area contributed by atoms with Crippen LogP contribution in [0.25, 0.3) is 0 Å². The molecular formula is C8H9ClO5S. The highest BCUT2D eigenvalue weighted by Gasteiger charge is 2.27. The molecule has 1 heterocycles. The van der Waals surface area contributed by atoms with E-state index in [0.29, 0.717) is 0 Å². The third-order valence-electron chi connectivity index (χ3n) is 1.70. The summed E-state index contributed by atoms with van der Waals surface area (Å²) in [5.74, 6) is -2.94. The fraction of sp³-hybridized carbons (Fsp3) is 0.375. The highest BCUT2D eigenvalue weighted by molar-refractivity contribution is 7.90. The Kier molecular flexibility index (Phi) is 3.41. The molecule has 1 rings (SSSR count). The van der Waals surface area contributed by atoms with E-state index in [1.807, 2.05) is 0 Å². The summed E-state index contributed by atoms with van der Waals surface area (Å²) in [6.45, 7) is 0. The Hall–Kier alpha value is -1.01. The minimum Gasteiger partial charge on any atom is -0.481 e. The van der Waals surface area contributed by atoms with Crippen molar-refractivity contribution in [3.8, 4) is 0 Å². The van der Waals surface area contributed by atoms with E-state index in [4.69, 9.17) is 21.1 Å². The Morgan fingerprint density at radius 2 is 2.20 bits per heavy atom. The lowest BCUT2D eigenvalue weighted by Crippen LogP contribution is -2.20. The van der Waals surface area contributed by atoms with E-state index in [2.05, 4.69) is 0 Å². The summed E-state index contributed by atoms with van der Waals surface area (Å²) in [5, 5.41) is 8.86. The van der Waals surface area contributed by atoms with Gasteiger partial charge in [-0.3, -0.25) is 4.79 Å². The first kappa shape index (κ1) is 12.1. The van der Waals surface area contributed by atoms with Gasteiger partial charge in [-0.2, -0.15) is 0 Å². The van der Waals surface area contributed by atoms with Gasteiger partial charge in [-0.05, 0) is 23.7 Å². The Morgan fingerprint density at radius 3 is 2.53 bits per heavy atom. The van der Waals surface area contributed by atoms with Crippen molar-refractivity contribution in [2.24, 2.45) is 0 Å². The summed E-state index contributed by atoms with van der Waals surface area (Å²) >= 11 is 5.47. The third kappa shape index (κ3) is 3.56. The van der Waals surface area contributed by atoms with Crippen molar-refractivity contribution in [1.82, 2.24) is 0 Å². The highest BCUT2D eigenvalue weighted by Crippen LogP contribution is 2.23. The summed E-state index contributed by atoms with van der Waals surface area (Å²) in [4.78, 5) is 10.8. The van der Waals surface area contributed by atoms with Gasteiger partial charge >= 0.3 is 5.97 Å². The summed E-state index contributed by atoms with van der Waals surface area (Å²) in [6.07, 6.45) is 0.966. The van der Waals surface area contributed by atoms with E-state index < -0.39 is 27.5 Å². The standard InChI is InChI=1S/C8H9ClO5S/c1-15(12,13)4-5(8(10)11)6-2-3-7(9)14-6/h2-3,5H,4H2,1H3,(H,10,11). The molecule has 0 aliphatic carbocycles. The van der Waals surface area contributed by atoms with Gasteiger partial charge in [0.15, 0.2) is 5.22 Å². The maximum Gasteiger partial charge on any atom is 0.315 e. The lowest BCUT2D eigenvalue weighted by Gasteiger charge is -2.07. The van der Waals surface area contributed by atoms with Gasteiger partial charge in [-0.15, -0.1) is 0 Å². The van der Waals surface area contributed by atoms with E-state index in [-0.39, 0.29) is 11.0 Å². The first-order chi connectivity index (χ1) is 6.79. The van der Waals surface area contributed by atoms with Crippen LogP contribution in [0.15, 0.2) is 16.5 Å². The molecule has 5 nitrogen and oxygen atoms in total. The molecular weight excluding hydrogens is 244 g/mol.